The Kier molecular flexibility index (Phi) is 3.88. The summed E-state index contributed by atoms with van der Waals surface area (Å²) in [4.78, 5) is 24.1. The van der Waals surface area contributed by atoms with Crippen LogP contribution in [-0.4, -0.2) is 36.3 Å². The van der Waals surface area contributed by atoms with Gasteiger partial charge in [0.2, 0.25) is 5.91 Å². The van der Waals surface area contributed by atoms with Crippen molar-refractivity contribution in [1.29, 1.82) is 0 Å². The zero-order chi connectivity index (χ0) is 12.1. The van der Waals surface area contributed by atoms with E-state index in [1.807, 2.05) is 30.3 Å². The molecular weight excluding hydrogens is 218 g/mol. The molecule has 0 aromatic heterocycles. The number of amides is 1. The van der Waals surface area contributed by atoms with Crippen molar-refractivity contribution < 1.29 is 14.3 Å². The Labute approximate surface area is 100 Å². The van der Waals surface area contributed by atoms with E-state index in [4.69, 9.17) is 4.74 Å². The number of aldehydes is 1. The molecule has 0 unspecified atom stereocenters. The second-order valence-electron chi connectivity index (χ2n) is 4.08. The van der Waals surface area contributed by atoms with E-state index in [1.165, 1.54) is 0 Å². The van der Waals surface area contributed by atoms with E-state index < -0.39 is 6.10 Å². The van der Waals surface area contributed by atoms with Gasteiger partial charge in [-0.2, -0.15) is 0 Å². The van der Waals surface area contributed by atoms with Gasteiger partial charge >= 0.3 is 0 Å². The van der Waals surface area contributed by atoms with E-state index in [0.29, 0.717) is 19.5 Å². The van der Waals surface area contributed by atoms with E-state index in [9.17, 15) is 9.59 Å². The van der Waals surface area contributed by atoms with Gasteiger partial charge in [0, 0.05) is 13.1 Å². The van der Waals surface area contributed by atoms with Crippen LogP contribution < -0.4 is 0 Å². The van der Waals surface area contributed by atoms with Gasteiger partial charge in [-0.05, 0) is 12.0 Å². The summed E-state index contributed by atoms with van der Waals surface area (Å²) in [5, 5.41) is 0. The number of hydrogen-bond acceptors (Lipinski definition) is 3. The number of rotatable bonds is 3. The fourth-order valence-electron chi connectivity index (χ4n) is 1.84. The van der Waals surface area contributed by atoms with Gasteiger partial charge in [0.05, 0.1) is 0 Å². The van der Waals surface area contributed by atoms with Gasteiger partial charge in [-0.25, -0.2) is 0 Å². The maximum Gasteiger partial charge on any atom is 0.248 e. The smallest absolute Gasteiger partial charge is 0.248 e. The molecule has 0 aliphatic carbocycles. The molecule has 90 valence electrons. The molecule has 2 rings (SSSR count). The van der Waals surface area contributed by atoms with Crippen LogP contribution in [0.5, 0.6) is 0 Å². The predicted octanol–water partition coefficient (Wildman–Crippen LogP) is 1.00. The number of nitrogens with zero attached hydrogens (tertiary/aromatic N) is 1. The van der Waals surface area contributed by atoms with E-state index in [-0.39, 0.29) is 12.5 Å². The highest BCUT2D eigenvalue weighted by Crippen LogP contribution is 2.10. The average Bonchev–Trinajstić information content (AvgIpc) is 2.54. The molecule has 0 spiro atoms. The average molecular weight is 233 g/mol. The third-order valence-corrected chi connectivity index (χ3v) is 2.83. The Morgan fingerprint density at radius 2 is 2.12 bits per heavy atom. The van der Waals surface area contributed by atoms with Crippen LogP contribution in [0.4, 0.5) is 0 Å². The molecule has 1 fully saturated rings. The van der Waals surface area contributed by atoms with Crippen molar-refractivity contribution >= 4 is 12.2 Å². The summed E-state index contributed by atoms with van der Waals surface area (Å²) in [6, 6.07) is 9.80. The molecule has 17 heavy (non-hydrogen) atoms. The molecule has 1 saturated heterocycles. The van der Waals surface area contributed by atoms with E-state index in [2.05, 4.69) is 0 Å². The van der Waals surface area contributed by atoms with Crippen molar-refractivity contribution in [3.05, 3.63) is 35.9 Å². The zero-order valence-electron chi connectivity index (χ0n) is 9.54. The van der Waals surface area contributed by atoms with Crippen LogP contribution in [0, 0.1) is 0 Å². The molecule has 1 aromatic carbocycles. The van der Waals surface area contributed by atoms with Crippen molar-refractivity contribution in [1.82, 2.24) is 4.90 Å². The van der Waals surface area contributed by atoms with E-state index >= 15 is 0 Å². The van der Waals surface area contributed by atoms with Gasteiger partial charge in [0.15, 0.2) is 0 Å². The van der Waals surface area contributed by atoms with Crippen molar-refractivity contribution in [2.45, 2.75) is 19.1 Å². The molecule has 0 radical (unpaired) electrons. The monoisotopic (exact) mass is 233 g/mol. The standard InChI is InChI=1S/C13H15NO3/c15-9-12-6-7-14(13(16)10-17-12)8-11-4-2-1-3-5-11/h1-5,9,12H,6-8,10H2/t12-/m0/s1. The van der Waals surface area contributed by atoms with Crippen LogP contribution in [0.1, 0.15) is 12.0 Å². The zero-order valence-corrected chi connectivity index (χ0v) is 9.54. The number of carbonyl (C=O) groups excluding carboxylic acids is 2. The summed E-state index contributed by atoms with van der Waals surface area (Å²) in [6.07, 6.45) is 0.890. The second kappa shape index (κ2) is 5.59. The summed E-state index contributed by atoms with van der Waals surface area (Å²) in [6.45, 7) is 1.14. The molecule has 1 aromatic rings. The van der Waals surface area contributed by atoms with Crippen LogP contribution in [0.2, 0.25) is 0 Å². The fourth-order valence-corrected chi connectivity index (χ4v) is 1.84. The summed E-state index contributed by atoms with van der Waals surface area (Å²) in [5.41, 5.74) is 1.09. The van der Waals surface area contributed by atoms with Crippen molar-refractivity contribution in [3.63, 3.8) is 0 Å². The van der Waals surface area contributed by atoms with Gasteiger partial charge in [-0.15, -0.1) is 0 Å². The van der Waals surface area contributed by atoms with Crippen molar-refractivity contribution in [2.75, 3.05) is 13.2 Å². The first kappa shape index (κ1) is 11.8. The molecule has 1 atom stereocenters. The summed E-state index contributed by atoms with van der Waals surface area (Å²) in [7, 11) is 0. The summed E-state index contributed by atoms with van der Waals surface area (Å²) >= 11 is 0. The molecule has 4 heteroatoms. The molecule has 0 saturated carbocycles. The minimum absolute atomic E-state index is 0.00373. The second-order valence-corrected chi connectivity index (χ2v) is 4.08. The molecule has 0 bridgehead atoms. The highest BCUT2D eigenvalue weighted by atomic mass is 16.5. The molecular formula is C13H15NO3. The van der Waals surface area contributed by atoms with Gasteiger partial charge in [0.25, 0.3) is 0 Å². The first-order valence-electron chi connectivity index (χ1n) is 5.68. The first-order chi connectivity index (χ1) is 8.29. The van der Waals surface area contributed by atoms with Crippen molar-refractivity contribution in [2.24, 2.45) is 0 Å². The lowest BCUT2D eigenvalue weighted by molar-refractivity contribution is -0.136. The summed E-state index contributed by atoms with van der Waals surface area (Å²) < 4.78 is 5.17. The van der Waals surface area contributed by atoms with Crippen LogP contribution >= 0.6 is 0 Å². The normalized spacial score (nSPS) is 21.1. The maximum absolute atomic E-state index is 11.8. The van der Waals surface area contributed by atoms with Gasteiger partial charge < -0.3 is 14.4 Å². The maximum atomic E-state index is 11.8. The van der Waals surface area contributed by atoms with Crippen LogP contribution in [0.3, 0.4) is 0 Å². The van der Waals surface area contributed by atoms with E-state index in [1.54, 1.807) is 4.90 Å². The third kappa shape index (κ3) is 3.14. The minimum atomic E-state index is -0.445. The Morgan fingerprint density at radius 3 is 2.82 bits per heavy atom. The fraction of sp³-hybridized carbons (Fsp3) is 0.385. The minimum Gasteiger partial charge on any atom is -0.361 e. The molecule has 1 aliphatic rings. The van der Waals surface area contributed by atoms with Crippen LogP contribution in [0.25, 0.3) is 0 Å². The predicted molar refractivity (Wildman–Crippen MR) is 62.3 cm³/mol. The number of benzene rings is 1. The van der Waals surface area contributed by atoms with E-state index in [0.717, 1.165) is 11.8 Å². The highest BCUT2D eigenvalue weighted by Gasteiger charge is 2.22. The highest BCUT2D eigenvalue weighted by molar-refractivity contribution is 5.78. The lowest BCUT2D eigenvalue weighted by Crippen LogP contribution is -2.32. The lowest BCUT2D eigenvalue weighted by Gasteiger charge is -2.19. The van der Waals surface area contributed by atoms with Crippen LogP contribution in [0.15, 0.2) is 30.3 Å². The Bertz CT molecular complexity index is 391. The van der Waals surface area contributed by atoms with Crippen LogP contribution in [-0.2, 0) is 20.9 Å². The molecule has 0 N–H and O–H groups in total. The number of carbonyl (C=O) groups is 2. The quantitative estimate of drug-likeness (QED) is 0.732. The van der Waals surface area contributed by atoms with Gasteiger partial charge in [-0.1, -0.05) is 30.3 Å². The number of hydrogen-bond donors (Lipinski definition) is 0. The molecule has 4 nitrogen and oxygen atoms in total. The Hall–Kier alpha value is -1.68. The number of ether oxygens (including phenoxy) is 1. The molecule has 1 heterocycles. The third-order valence-electron chi connectivity index (χ3n) is 2.83. The molecule has 1 aliphatic heterocycles. The Morgan fingerprint density at radius 1 is 1.35 bits per heavy atom. The molecule has 1 amide bonds. The Balaban J connectivity index is 2.00. The van der Waals surface area contributed by atoms with Gasteiger partial charge in [0.1, 0.15) is 19.0 Å². The topological polar surface area (TPSA) is 46.6 Å². The largest absolute Gasteiger partial charge is 0.361 e. The summed E-state index contributed by atoms with van der Waals surface area (Å²) in [5.74, 6) is -0.0572. The SMILES string of the molecule is O=C[C@@H]1CCN(Cc2ccccc2)C(=O)CO1. The van der Waals surface area contributed by atoms with Crippen molar-refractivity contribution in [3.8, 4) is 0 Å². The first-order valence-corrected chi connectivity index (χ1v) is 5.68. The van der Waals surface area contributed by atoms with Gasteiger partial charge in [-0.3, -0.25) is 4.79 Å². The lowest BCUT2D eigenvalue weighted by atomic mass is 10.2.